The molecule has 0 spiro atoms. The van der Waals surface area contributed by atoms with Crippen LogP contribution in [0.25, 0.3) is 0 Å². The van der Waals surface area contributed by atoms with Crippen LogP contribution in [-0.4, -0.2) is 20.2 Å². The summed E-state index contributed by atoms with van der Waals surface area (Å²) in [4.78, 5) is 15.7. The highest BCUT2D eigenvalue weighted by atomic mass is 19.1. The fraction of sp³-hybridized carbons (Fsp3) is 0.300. The van der Waals surface area contributed by atoms with Gasteiger partial charge in [0, 0.05) is 6.54 Å². The second kappa shape index (κ2) is 5.43. The van der Waals surface area contributed by atoms with Gasteiger partial charge in [-0.25, -0.2) is 9.18 Å². The molecule has 0 amide bonds. The van der Waals surface area contributed by atoms with Gasteiger partial charge in [-0.05, 0) is 17.7 Å². The van der Waals surface area contributed by atoms with Gasteiger partial charge in [0.2, 0.25) is 0 Å². The van der Waals surface area contributed by atoms with Gasteiger partial charge in [-0.1, -0.05) is 6.07 Å². The van der Waals surface area contributed by atoms with Crippen molar-refractivity contribution in [1.29, 1.82) is 0 Å². The number of ether oxygens (including phenoxy) is 1. The summed E-state index contributed by atoms with van der Waals surface area (Å²) >= 11 is 0. The lowest BCUT2D eigenvalue weighted by Crippen LogP contribution is -2.12. The summed E-state index contributed by atoms with van der Waals surface area (Å²) in [6, 6.07) is 4.27. The molecule has 0 radical (unpaired) electrons. The van der Waals surface area contributed by atoms with E-state index in [1.54, 1.807) is 6.07 Å². The van der Waals surface area contributed by atoms with E-state index in [0.29, 0.717) is 12.1 Å². The molecule has 1 aromatic carbocycles. The number of carbonyl (C=O) groups excluding carboxylic acids is 1. The van der Waals surface area contributed by atoms with Gasteiger partial charge < -0.3 is 9.57 Å². The van der Waals surface area contributed by atoms with Crippen molar-refractivity contribution in [2.24, 2.45) is 0 Å². The first kappa shape index (κ1) is 11.6. The minimum atomic E-state index is -0.682. The molecule has 0 aliphatic heterocycles. The van der Waals surface area contributed by atoms with E-state index >= 15 is 0 Å². The topological polar surface area (TPSA) is 47.6 Å². The van der Waals surface area contributed by atoms with E-state index in [-0.39, 0.29) is 5.56 Å². The highest BCUT2D eigenvalue weighted by molar-refractivity contribution is 5.89. The monoisotopic (exact) mass is 213 g/mol. The molecule has 0 aliphatic rings. The van der Waals surface area contributed by atoms with Crippen LogP contribution in [0.1, 0.15) is 15.9 Å². The summed E-state index contributed by atoms with van der Waals surface area (Å²) in [5.41, 5.74) is 3.18. The fourth-order valence-electron chi connectivity index (χ4n) is 1.10. The van der Waals surface area contributed by atoms with Gasteiger partial charge in [-0.2, -0.15) is 5.48 Å². The SMILES string of the molecule is CONCc1ccc(C(=O)OC)c(F)c1. The molecule has 4 nitrogen and oxygen atoms in total. The molecule has 0 saturated heterocycles. The number of carbonyl (C=O) groups is 1. The number of hydrogen-bond acceptors (Lipinski definition) is 4. The average Bonchev–Trinajstić information content (AvgIpc) is 2.25. The van der Waals surface area contributed by atoms with Crippen molar-refractivity contribution in [1.82, 2.24) is 5.48 Å². The Hall–Kier alpha value is -1.46. The zero-order valence-corrected chi connectivity index (χ0v) is 8.54. The minimum absolute atomic E-state index is 0.0707. The first-order chi connectivity index (χ1) is 7.19. The molecular formula is C10H12FNO3. The predicted molar refractivity (Wildman–Crippen MR) is 51.6 cm³/mol. The summed E-state index contributed by atoms with van der Waals surface area (Å²) in [7, 11) is 2.68. The van der Waals surface area contributed by atoms with E-state index in [1.165, 1.54) is 26.4 Å². The van der Waals surface area contributed by atoms with Crippen molar-refractivity contribution in [3.8, 4) is 0 Å². The Morgan fingerprint density at radius 3 is 2.73 bits per heavy atom. The lowest BCUT2D eigenvalue weighted by molar-refractivity contribution is 0.0595. The second-order valence-electron chi connectivity index (χ2n) is 2.83. The number of benzene rings is 1. The highest BCUT2D eigenvalue weighted by Crippen LogP contribution is 2.11. The number of esters is 1. The molecule has 0 fully saturated rings. The highest BCUT2D eigenvalue weighted by Gasteiger charge is 2.11. The number of halogens is 1. The molecule has 0 aliphatic carbocycles. The van der Waals surface area contributed by atoms with E-state index in [4.69, 9.17) is 0 Å². The van der Waals surface area contributed by atoms with Crippen LogP contribution in [0.2, 0.25) is 0 Å². The molecule has 1 aromatic rings. The van der Waals surface area contributed by atoms with E-state index in [2.05, 4.69) is 15.1 Å². The van der Waals surface area contributed by atoms with Crippen LogP contribution in [0, 0.1) is 5.82 Å². The van der Waals surface area contributed by atoms with Crippen molar-refractivity contribution >= 4 is 5.97 Å². The average molecular weight is 213 g/mol. The molecule has 0 unspecified atom stereocenters. The van der Waals surface area contributed by atoms with Gasteiger partial charge in [0.1, 0.15) is 5.82 Å². The molecule has 82 valence electrons. The number of hydroxylamine groups is 1. The summed E-state index contributed by atoms with van der Waals surface area (Å²) in [5, 5.41) is 0. The maximum absolute atomic E-state index is 13.3. The number of nitrogens with one attached hydrogen (secondary N) is 1. The molecule has 0 aromatic heterocycles. The third-order valence-corrected chi connectivity index (χ3v) is 1.86. The van der Waals surface area contributed by atoms with Crippen LogP contribution in [0.4, 0.5) is 4.39 Å². The Balaban J connectivity index is 2.83. The summed E-state index contributed by atoms with van der Waals surface area (Å²) < 4.78 is 17.8. The third-order valence-electron chi connectivity index (χ3n) is 1.86. The molecular weight excluding hydrogens is 201 g/mol. The molecule has 15 heavy (non-hydrogen) atoms. The summed E-state index contributed by atoms with van der Waals surface area (Å²) in [6.45, 7) is 0.370. The maximum atomic E-state index is 13.3. The molecule has 5 heteroatoms. The fourth-order valence-corrected chi connectivity index (χ4v) is 1.10. The van der Waals surface area contributed by atoms with Crippen molar-refractivity contribution < 1.29 is 18.8 Å². The minimum Gasteiger partial charge on any atom is -0.465 e. The molecule has 1 N–H and O–H groups in total. The summed E-state index contributed by atoms with van der Waals surface area (Å²) in [6.07, 6.45) is 0. The van der Waals surface area contributed by atoms with Gasteiger partial charge in [-0.15, -0.1) is 0 Å². The molecule has 0 saturated carbocycles. The van der Waals surface area contributed by atoms with Gasteiger partial charge in [0.25, 0.3) is 0 Å². The third kappa shape index (κ3) is 3.00. The van der Waals surface area contributed by atoms with Gasteiger partial charge in [0.15, 0.2) is 0 Å². The quantitative estimate of drug-likeness (QED) is 0.604. The Labute approximate surface area is 86.9 Å². The molecule has 1 rings (SSSR count). The Kier molecular flexibility index (Phi) is 4.20. The molecule has 0 heterocycles. The van der Waals surface area contributed by atoms with Crippen molar-refractivity contribution in [2.45, 2.75) is 6.54 Å². The van der Waals surface area contributed by atoms with Crippen molar-refractivity contribution in [3.63, 3.8) is 0 Å². The zero-order valence-electron chi connectivity index (χ0n) is 8.54. The Morgan fingerprint density at radius 2 is 2.20 bits per heavy atom. The first-order valence-electron chi connectivity index (χ1n) is 4.31. The van der Waals surface area contributed by atoms with E-state index < -0.39 is 11.8 Å². The van der Waals surface area contributed by atoms with Gasteiger partial charge >= 0.3 is 5.97 Å². The summed E-state index contributed by atoms with van der Waals surface area (Å²) in [5.74, 6) is -1.28. The second-order valence-corrected chi connectivity index (χ2v) is 2.83. The van der Waals surface area contributed by atoms with Crippen molar-refractivity contribution in [2.75, 3.05) is 14.2 Å². The standard InChI is InChI=1S/C10H12FNO3/c1-14-10(13)8-4-3-7(5-9(8)11)6-12-15-2/h3-5,12H,6H2,1-2H3. The zero-order chi connectivity index (χ0) is 11.3. The lowest BCUT2D eigenvalue weighted by atomic mass is 10.1. The van der Waals surface area contributed by atoms with Crippen LogP contribution < -0.4 is 5.48 Å². The number of hydrogen-bond donors (Lipinski definition) is 1. The van der Waals surface area contributed by atoms with E-state index in [9.17, 15) is 9.18 Å². The van der Waals surface area contributed by atoms with Gasteiger partial charge in [0.05, 0.1) is 19.8 Å². The van der Waals surface area contributed by atoms with Crippen LogP contribution in [0.3, 0.4) is 0 Å². The predicted octanol–water partition coefficient (Wildman–Crippen LogP) is 1.26. The largest absolute Gasteiger partial charge is 0.465 e. The van der Waals surface area contributed by atoms with Crippen LogP contribution in [0.5, 0.6) is 0 Å². The normalized spacial score (nSPS) is 10.1. The van der Waals surface area contributed by atoms with E-state index in [1.807, 2.05) is 0 Å². The van der Waals surface area contributed by atoms with E-state index in [0.717, 1.165) is 0 Å². The lowest BCUT2D eigenvalue weighted by Gasteiger charge is -2.05. The smallest absolute Gasteiger partial charge is 0.340 e. The first-order valence-corrected chi connectivity index (χ1v) is 4.31. The van der Waals surface area contributed by atoms with Gasteiger partial charge in [-0.3, -0.25) is 0 Å². The van der Waals surface area contributed by atoms with Crippen LogP contribution in [0.15, 0.2) is 18.2 Å². The maximum Gasteiger partial charge on any atom is 0.340 e. The molecule has 0 bridgehead atoms. The number of rotatable bonds is 4. The number of methoxy groups -OCH3 is 1. The van der Waals surface area contributed by atoms with Crippen molar-refractivity contribution in [3.05, 3.63) is 35.1 Å². The van der Waals surface area contributed by atoms with Crippen LogP contribution >= 0.6 is 0 Å². The molecule has 0 atom stereocenters. The Bertz CT molecular complexity index is 355. The van der Waals surface area contributed by atoms with Crippen LogP contribution in [-0.2, 0) is 16.1 Å². The Morgan fingerprint density at radius 1 is 1.47 bits per heavy atom.